The van der Waals surface area contributed by atoms with E-state index in [1.54, 1.807) is 10.7 Å². The molecule has 0 radical (unpaired) electrons. The van der Waals surface area contributed by atoms with E-state index < -0.39 is 0 Å². The van der Waals surface area contributed by atoms with Crippen LogP contribution in [0.1, 0.15) is 17.0 Å². The molecular weight excluding hydrogens is 356 g/mol. The molecule has 2 aromatic rings. The summed E-state index contributed by atoms with van der Waals surface area (Å²) in [7, 11) is 0. The first-order valence-electron chi connectivity index (χ1n) is 6.25. The van der Waals surface area contributed by atoms with Crippen LogP contribution >= 0.6 is 27.5 Å². The summed E-state index contributed by atoms with van der Waals surface area (Å²) in [5, 5.41) is 8.74. The van der Waals surface area contributed by atoms with Gasteiger partial charge >= 0.3 is 0 Å². The van der Waals surface area contributed by atoms with E-state index in [-0.39, 0.29) is 12.5 Å². The zero-order chi connectivity index (χ0) is 15.4. The van der Waals surface area contributed by atoms with Gasteiger partial charge in [-0.1, -0.05) is 29.8 Å². The van der Waals surface area contributed by atoms with Crippen LogP contribution in [0.5, 0.6) is 0 Å². The van der Waals surface area contributed by atoms with Gasteiger partial charge in [0.2, 0.25) is 0 Å². The van der Waals surface area contributed by atoms with Gasteiger partial charge in [0.05, 0.1) is 22.1 Å². The van der Waals surface area contributed by atoms with Crippen molar-refractivity contribution in [1.82, 2.24) is 15.2 Å². The number of carbonyl (C=O) groups is 1. The minimum atomic E-state index is -0.253. The number of hydrazone groups is 1. The van der Waals surface area contributed by atoms with Crippen molar-refractivity contribution >= 4 is 39.7 Å². The Morgan fingerprint density at radius 2 is 2.19 bits per heavy atom. The number of aryl methyl sites for hydroxylation is 1. The maximum absolute atomic E-state index is 11.8. The second-order valence-corrected chi connectivity index (χ2v) is 5.66. The fourth-order valence-electron chi connectivity index (χ4n) is 1.75. The molecule has 0 unspecified atom stereocenters. The Bertz CT molecular complexity index is 696. The molecule has 1 heterocycles. The number of benzene rings is 1. The molecule has 110 valence electrons. The van der Waals surface area contributed by atoms with Crippen molar-refractivity contribution in [1.29, 1.82) is 0 Å². The first-order valence-corrected chi connectivity index (χ1v) is 7.42. The average molecular weight is 370 g/mol. The molecule has 1 aromatic carbocycles. The van der Waals surface area contributed by atoms with Crippen molar-refractivity contribution < 1.29 is 4.79 Å². The van der Waals surface area contributed by atoms with E-state index in [4.69, 9.17) is 11.6 Å². The number of halogens is 2. The van der Waals surface area contributed by atoms with Gasteiger partial charge in [-0.05, 0) is 35.8 Å². The Balaban J connectivity index is 1.96. The van der Waals surface area contributed by atoms with Gasteiger partial charge in [0.25, 0.3) is 5.91 Å². The molecule has 0 saturated heterocycles. The maximum Gasteiger partial charge on any atom is 0.261 e. The van der Waals surface area contributed by atoms with Crippen LogP contribution in [-0.4, -0.2) is 21.9 Å². The molecule has 0 aliphatic rings. The Morgan fingerprint density at radius 3 is 2.81 bits per heavy atom. The highest BCUT2D eigenvalue weighted by Crippen LogP contribution is 2.19. The van der Waals surface area contributed by atoms with Gasteiger partial charge in [-0.25, -0.2) is 5.43 Å². The van der Waals surface area contributed by atoms with Gasteiger partial charge in [0, 0.05) is 10.6 Å². The minimum Gasteiger partial charge on any atom is -0.271 e. The van der Waals surface area contributed by atoms with Crippen molar-refractivity contribution in [2.24, 2.45) is 5.10 Å². The fourth-order valence-corrected chi connectivity index (χ4v) is 2.22. The predicted octanol–water partition coefficient (Wildman–Crippen LogP) is 3.07. The highest BCUT2D eigenvalue weighted by Gasteiger charge is 2.11. The molecule has 5 nitrogen and oxygen atoms in total. The van der Waals surface area contributed by atoms with Crippen molar-refractivity contribution in [2.75, 3.05) is 0 Å². The largest absolute Gasteiger partial charge is 0.271 e. The van der Waals surface area contributed by atoms with Crippen LogP contribution in [0.15, 0.2) is 33.8 Å². The normalized spacial score (nSPS) is 11.0. The van der Waals surface area contributed by atoms with Crippen LogP contribution in [-0.2, 0) is 11.3 Å². The third kappa shape index (κ3) is 3.92. The first kappa shape index (κ1) is 15.7. The number of aromatic nitrogens is 2. The summed E-state index contributed by atoms with van der Waals surface area (Å²) in [6.07, 6.45) is 1.51. The van der Waals surface area contributed by atoms with Gasteiger partial charge in [-0.2, -0.15) is 10.2 Å². The standard InChI is InChI=1S/C14H14BrClN4O/c1-9-14(15)10(2)20(19-9)8-13(21)18-17-7-11-5-3-4-6-12(11)16/h3-7H,8H2,1-2H3,(H,18,21). The molecule has 7 heteroatoms. The zero-order valence-corrected chi connectivity index (χ0v) is 13.9. The number of hydrogen-bond acceptors (Lipinski definition) is 3. The Labute approximate surface area is 136 Å². The second kappa shape index (κ2) is 6.87. The van der Waals surface area contributed by atoms with Crippen LogP contribution < -0.4 is 5.43 Å². The van der Waals surface area contributed by atoms with Gasteiger partial charge < -0.3 is 0 Å². The van der Waals surface area contributed by atoms with E-state index >= 15 is 0 Å². The molecule has 1 amide bonds. The molecule has 1 N–H and O–H groups in total. The number of nitrogens with zero attached hydrogens (tertiary/aromatic N) is 3. The lowest BCUT2D eigenvalue weighted by molar-refractivity contribution is -0.121. The Kier molecular flexibility index (Phi) is 5.14. The molecule has 0 aliphatic carbocycles. The molecule has 2 rings (SSSR count). The minimum absolute atomic E-state index is 0.109. The van der Waals surface area contributed by atoms with E-state index in [2.05, 4.69) is 31.6 Å². The van der Waals surface area contributed by atoms with E-state index in [9.17, 15) is 4.79 Å². The fraction of sp³-hybridized carbons (Fsp3) is 0.214. The number of rotatable bonds is 4. The molecule has 0 aliphatic heterocycles. The van der Waals surface area contributed by atoms with Crippen molar-refractivity contribution in [3.63, 3.8) is 0 Å². The average Bonchev–Trinajstić information content (AvgIpc) is 2.68. The van der Waals surface area contributed by atoms with Crippen molar-refractivity contribution in [3.05, 3.63) is 50.7 Å². The van der Waals surface area contributed by atoms with Crippen molar-refractivity contribution in [3.8, 4) is 0 Å². The Morgan fingerprint density at radius 1 is 1.48 bits per heavy atom. The van der Waals surface area contributed by atoms with Gasteiger partial charge in [-0.15, -0.1) is 0 Å². The van der Waals surface area contributed by atoms with E-state index in [1.807, 2.05) is 32.0 Å². The van der Waals surface area contributed by atoms with E-state index in [0.717, 1.165) is 21.4 Å². The maximum atomic E-state index is 11.8. The zero-order valence-electron chi connectivity index (χ0n) is 11.6. The molecule has 0 bridgehead atoms. The lowest BCUT2D eigenvalue weighted by Gasteiger charge is -2.03. The molecule has 0 saturated carbocycles. The smallest absolute Gasteiger partial charge is 0.261 e. The van der Waals surface area contributed by atoms with Crippen LogP contribution in [0.25, 0.3) is 0 Å². The lowest BCUT2D eigenvalue weighted by Crippen LogP contribution is -2.24. The predicted molar refractivity (Wildman–Crippen MR) is 86.6 cm³/mol. The monoisotopic (exact) mass is 368 g/mol. The van der Waals surface area contributed by atoms with Gasteiger partial charge in [0.15, 0.2) is 0 Å². The molecule has 1 aromatic heterocycles. The summed E-state index contributed by atoms with van der Waals surface area (Å²) < 4.78 is 2.54. The number of nitrogens with one attached hydrogen (secondary N) is 1. The first-order chi connectivity index (χ1) is 9.99. The molecular formula is C14H14BrClN4O. The summed E-state index contributed by atoms with van der Waals surface area (Å²) >= 11 is 9.41. The SMILES string of the molecule is Cc1nn(CC(=O)NN=Cc2ccccc2Cl)c(C)c1Br. The van der Waals surface area contributed by atoms with Crippen LogP contribution in [0.2, 0.25) is 5.02 Å². The van der Waals surface area contributed by atoms with Crippen LogP contribution in [0.4, 0.5) is 0 Å². The number of hydrogen-bond donors (Lipinski definition) is 1. The molecule has 0 spiro atoms. The highest BCUT2D eigenvalue weighted by molar-refractivity contribution is 9.10. The lowest BCUT2D eigenvalue weighted by atomic mass is 10.2. The van der Waals surface area contributed by atoms with Gasteiger partial charge in [-0.3, -0.25) is 9.48 Å². The Hall–Kier alpha value is -1.66. The van der Waals surface area contributed by atoms with E-state index in [0.29, 0.717) is 5.02 Å². The number of carbonyl (C=O) groups excluding carboxylic acids is 1. The second-order valence-electron chi connectivity index (χ2n) is 4.46. The third-order valence-electron chi connectivity index (χ3n) is 2.88. The summed E-state index contributed by atoms with van der Waals surface area (Å²) in [6, 6.07) is 7.26. The topological polar surface area (TPSA) is 59.3 Å². The summed E-state index contributed by atoms with van der Waals surface area (Å²) in [5.41, 5.74) is 4.95. The number of amides is 1. The third-order valence-corrected chi connectivity index (χ3v) is 4.38. The van der Waals surface area contributed by atoms with Crippen LogP contribution in [0.3, 0.4) is 0 Å². The van der Waals surface area contributed by atoms with Crippen LogP contribution in [0, 0.1) is 13.8 Å². The quantitative estimate of drug-likeness (QED) is 0.665. The summed E-state index contributed by atoms with van der Waals surface area (Å²) in [5.74, 6) is -0.253. The summed E-state index contributed by atoms with van der Waals surface area (Å²) in [6.45, 7) is 3.88. The molecule has 0 atom stereocenters. The van der Waals surface area contributed by atoms with Gasteiger partial charge in [0.1, 0.15) is 6.54 Å². The van der Waals surface area contributed by atoms with Crippen molar-refractivity contribution in [2.45, 2.75) is 20.4 Å². The molecule has 21 heavy (non-hydrogen) atoms. The molecule has 0 fully saturated rings. The summed E-state index contributed by atoms with van der Waals surface area (Å²) in [4.78, 5) is 11.8. The van der Waals surface area contributed by atoms with E-state index in [1.165, 1.54) is 6.21 Å². The highest BCUT2D eigenvalue weighted by atomic mass is 79.9.